The largest absolute Gasteiger partial charge is 0.454 e. The summed E-state index contributed by atoms with van der Waals surface area (Å²) in [4.78, 5) is 3.46. The lowest BCUT2D eigenvalue weighted by molar-refractivity contribution is 0.0128. The van der Waals surface area contributed by atoms with E-state index in [0.29, 0.717) is 19.8 Å². The molecule has 0 bridgehead atoms. The molecule has 3 rings (SSSR count). The number of hydrogen-bond acceptors (Lipinski definition) is 6. The first-order valence-corrected chi connectivity index (χ1v) is 8.85. The van der Waals surface area contributed by atoms with E-state index in [9.17, 15) is 5.11 Å². The molecule has 1 aromatic heterocycles. The van der Waals surface area contributed by atoms with Crippen LogP contribution in [0.25, 0.3) is 0 Å². The molecule has 1 aliphatic heterocycles. The number of aliphatic hydroxyl groups excluding tert-OH is 1. The van der Waals surface area contributed by atoms with E-state index in [1.165, 1.54) is 10.4 Å². The Hall–Kier alpha value is -1.60. The molecule has 0 radical (unpaired) electrons. The number of fused-ring (bicyclic) bond motifs is 1. The zero-order chi connectivity index (χ0) is 16.9. The molecule has 5 nitrogen and oxygen atoms in total. The number of benzene rings is 1. The first kappa shape index (κ1) is 17.2. The first-order valence-electron chi connectivity index (χ1n) is 7.97. The van der Waals surface area contributed by atoms with Crippen molar-refractivity contribution >= 4 is 11.3 Å². The molecule has 0 amide bonds. The Labute approximate surface area is 146 Å². The smallest absolute Gasteiger partial charge is 0.231 e. The predicted octanol–water partition coefficient (Wildman–Crippen LogP) is 2.79. The fourth-order valence-corrected chi connectivity index (χ4v) is 3.62. The van der Waals surface area contributed by atoms with Crippen molar-refractivity contribution in [3.8, 4) is 11.5 Å². The average Bonchev–Trinajstić information content (AvgIpc) is 3.16. The minimum absolute atomic E-state index is 0.272. The molecule has 1 aliphatic rings. The summed E-state index contributed by atoms with van der Waals surface area (Å²) in [7, 11) is 2.01. The Morgan fingerprint density at radius 3 is 2.92 bits per heavy atom. The Kier molecular flexibility index (Phi) is 5.73. The predicted molar refractivity (Wildman–Crippen MR) is 93.6 cm³/mol. The molecule has 0 saturated heterocycles. The van der Waals surface area contributed by atoms with Crippen LogP contribution in [0.5, 0.6) is 11.5 Å². The normalized spacial score (nSPS) is 14.3. The summed E-state index contributed by atoms with van der Waals surface area (Å²) in [5.74, 6) is 1.52. The van der Waals surface area contributed by atoms with E-state index in [-0.39, 0.29) is 6.79 Å². The SMILES string of the molecule is Cc1ccsc1CN(C)CC(O)COCc1ccc2c(c1)OCO2. The maximum atomic E-state index is 10.1. The number of hydrogen-bond donors (Lipinski definition) is 1. The summed E-state index contributed by atoms with van der Waals surface area (Å²) in [6, 6.07) is 7.87. The molecule has 1 N–H and O–H groups in total. The molecule has 0 saturated carbocycles. The van der Waals surface area contributed by atoms with Crippen LogP contribution in [0.3, 0.4) is 0 Å². The number of aryl methyl sites for hydroxylation is 1. The van der Waals surface area contributed by atoms with Gasteiger partial charge in [0.05, 0.1) is 19.3 Å². The second-order valence-corrected chi connectivity index (χ2v) is 7.08. The van der Waals surface area contributed by atoms with Gasteiger partial charge in [-0.15, -0.1) is 11.3 Å². The zero-order valence-corrected chi connectivity index (χ0v) is 14.8. The van der Waals surface area contributed by atoms with Gasteiger partial charge in [0.25, 0.3) is 0 Å². The fraction of sp³-hybridized carbons (Fsp3) is 0.444. The molecular weight excluding hydrogens is 326 g/mol. The highest BCUT2D eigenvalue weighted by molar-refractivity contribution is 7.10. The van der Waals surface area contributed by atoms with Crippen molar-refractivity contribution < 1.29 is 19.3 Å². The summed E-state index contributed by atoms with van der Waals surface area (Å²) in [5, 5.41) is 12.2. The van der Waals surface area contributed by atoms with Gasteiger partial charge in [0.1, 0.15) is 0 Å². The van der Waals surface area contributed by atoms with Crippen molar-refractivity contribution in [3.05, 3.63) is 45.6 Å². The molecule has 0 spiro atoms. The topological polar surface area (TPSA) is 51.2 Å². The van der Waals surface area contributed by atoms with Gasteiger partial charge in [-0.2, -0.15) is 0 Å². The van der Waals surface area contributed by atoms with E-state index in [2.05, 4.69) is 23.3 Å². The van der Waals surface area contributed by atoms with Crippen molar-refractivity contribution in [1.29, 1.82) is 0 Å². The maximum absolute atomic E-state index is 10.1. The van der Waals surface area contributed by atoms with Crippen LogP contribution in [0.4, 0.5) is 0 Å². The van der Waals surface area contributed by atoms with Crippen molar-refractivity contribution in [2.45, 2.75) is 26.2 Å². The molecule has 24 heavy (non-hydrogen) atoms. The minimum Gasteiger partial charge on any atom is -0.454 e. The monoisotopic (exact) mass is 349 g/mol. The zero-order valence-electron chi connectivity index (χ0n) is 14.0. The van der Waals surface area contributed by atoms with Crippen LogP contribution in [-0.2, 0) is 17.9 Å². The van der Waals surface area contributed by atoms with Crippen LogP contribution in [0.15, 0.2) is 29.6 Å². The van der Waals surface area contributed by atoms with Gasteiger partial charge in [-0.05, 0) is 48.7 Å². The second kappa shape index (κ2) is 7.98. The fourth-order valence-electron chi connectivity index (χ4n) is 2.63. The summed E-state index contributed by atoms with van der Waals surface area (Å²) >= 11 is 1.75. The maximum Gasteiger partial charge on any atom is 0.231 e. The Morgan fingerprint density at radius 2 is 2.12 bits per heavy atom. The van der Waals surface area contributed by atoms with Crippen LogP contribution in [0, 0.1) is 6.92 Å². The van der Waals surface area contributed by atoms with Gasteiger partial charge in [-0.3, -0.25) is 4.90 Å². The lowest BCUT2D eigenvalue weighted by Crippen LogP contribution is -2.31. The number of ether oxygens (including phenoxy) is 3. The third kappa shape index (κ3) is 4.48. The highest BCUT2D eigenvalue weighted by atomic mass is 32.1. The van der Waals surface area contributed by atoms with Gasteiger partial charge in [0, 0.05) is 18.0 Å². The Morgan fingerprint density at radius 1 is 1.29 bits per heavy atom. The van der Waals surface area contributed by atoms with Gasteiger partial charge in [-0.25, -0.2) is 0 Å². The minimum atomic E-state index is -0.510. The quantitative estimate of drug-likeness (QED) is 0.794. The van der Waals surface area contributed by atoms with E-state index in [1.54, 1.807) is 11.3 Å². The number of rotatable bonds is 8. The van der Waals surface area contributed by atoms with Crippen molar-refractivity contribution in [2.75, 3.05) is 27.0 Å². The van der Waals surface area contributed by atoms with Crippen LogP contribution >= 0.6 is 11.3 Å². The van der Waals surface area contributed by atoms with Gasteiger partial charge in [-0.1, -0.05) is 6.07 Å². The molecule has 2 heterocycles. The summed E-state index contributed by atoms with van der Waals surface area (Å²) in [6.07, 6.45) is -0.510. The molecule has 2 aromatic rings. The van der Waals surface area contributed by atoms with Gasteiger partial charge >= 0.3 is 0 Å². The summed E-state index contributed by atoms with van der Waals surface area (Å²) < 4.78 is 16.3. The molecule has 6 heteroatoms. The number of likely N-dealkylation sites (N-methyl/N-ethyl adjacent to an activating group) is 1. The third-order valence-electron chi connectivity index (χ3n) is 3.92. The van der Waals surface area contributed by atoms with Gasteiger partial charge in [0.2, 0.25) is 6.79 Å². The number of thiophene rings is 1. The lowest BCUT2D eigenvalue weighted by Gasteiger charge is -2.20. The van der Waals surface area contributed by atoms with Crippen molar-refractivity contribution in [3.63, 3.8) is 0 Å². The van der Waals surface area contributed by atoms with E-state index < -0.39 is 6.10 Å². The highest BCUT2D eigenvalue weighted by Gasteiger charge is 2.14. The van der Waals surface area contributed by atoms with E-state index >= 15 is 0 Å². The molecule has 0 aliphatic carbocycles. The average molecular weight is 349 g/mol. The second-order valence-electron chi connectivity index (χ2n) is 6.08. The first-order chi connectivity index (χ1) is 11.6. The van der Waals surface area contributed by atoms with Crippen LogP contribution < -0.4 is 9.47 Å². The Balaban J connectivity index is 1.39. The molecule has 130 valence electrons. The molecule has 1 aromatic carbocycles. The molecule has 0 fully saturated rings. The third-order valence-corrected chi connectivity index (χ3v) is 4.93. The Bertz CT molecular complexity index is 673. The van der Waals surface area contributed by atoms with E-state index in [1.807, 2.05) is 25.2 Å². The van der Waals surface area contributed by atoms with Gasteiger partial charge < -0.3 is 19.3 Å². The van der Waals surface area contributed by atoms with Gasteiger partial charge in [0.15, 0.2) is 11.5 Å². The van der Waals surface area contributed by atoms with Crippen molar-refractivity contribution in [1.82, 2.24) is 4.90 Å². The van der Waals surface area contributed by atoms with Crippen LogP contribution in [0.2, 0.25) is 0 Å². The van der Waals surface area contributed by atoms with Crippen LogP contribution in [-0.4, -0.2) is 43.1 Å². The number of aliphatic hydroxyl groups is 1. The highest BCUT2D eigenvalue weighted by Crippen LogP contribution is 2.32. The van der Waals surface area contributed by atoms with E-state index in [0.717, 1.165) is 23.6 Å². The standard InChI is InChI=1S/C18H23NO4S/c1-13-5-6-24-18(13)9-19(2)8-15(20)11-21-10-14-3-4-16-17(7-14)23-12-22-16/h3-7,15,20H,8-12H2,1-2H3. The molecular formula is C18H23NO4S. The van der Waals surface area contributed by atoms with Crippen LogP contribution in [0.1, 0.15) is 16.0 Å². The number of nitrogens with zero attached hydrogens (tertiary/aromatic N) is 1. The molecule has 1 unspecified atom stereocenters. The summed E-state index contributed by atoms with van der Waals surface area (Å²) in [5.41, 5.74) is 2.31. The van der Waals surface area contributed by atoms with E-state index in [4.69, 9.17) is 14.2 Å². The molecule has 1 atom stereocenters. The summed E-state index contributed by atoms with van der Waals surface area (Å²) in [6.45, 7) is 4.57. The van der Waals surface area contributed by atoms with Crippen molar-refractivity contribution in [2.24, 2.45) is 0 Å². The lowest BCUT2D eigenvalue weighted by atomic mass is 10.2.